The van der Waals surface area contributed by atoms with Crippen molar-refractivity contribution < 1.29 is 22.7 Å². The first kappa shape index (κ1) is 22.2. The highest BCUT2D eigenvalue weighted by atomic mass is 35.5. The number of aliphatic hydroxyl groups excluding tert-OH is 1. The molecule has 0 aliphatic carbocycles. The molecule has 0 fully saturated rings. The molecule has 32 heavy (non-hydrogen) atoms. The molecule has 0 bridgehead atoms. The van der Waals surface area contributed by atoms with E-state index in [4.69, 9.17) is 16.0 Å². The number of aliphatic hydroxyl groups is 1. The van der Waals surface area contributed by atoms with Crippen molar-refractivity contribution in [2.75, 3.05) is 6.61 Å². The van der Waals surface area contributed by atoms with Gasteiger partial charge in [-0.1, -0.05) is 35.9 Å². The Hall–Kier alpha value is -3.04. The number of nitrogens with zero attached hydrogens (tertiary/aromatic N) is 3. The van der Waals surface area contributed by atoms with Gasteiger partial charge in [-0.2, -0.15) is 18.3 Å². The summed E-state index contributed by atoms with van der Waals surface area (Å²) in [7, 11) is 0. The number of alkyl halides is 3. The summed E-state index contributed by atoms with van der Waals surface area (Å²) in [4.78, 5) is 12.2. The Morgan fingerprint density at radius 1 is 1.12 bits per heavy atom. The van der Waals surface area contributed by atoms with E-state index < -0.39 is 36.3 Å². The molecule has 166 valence electrons. The maximum atomic E-state index is 13.7. The minimum atomic E-state index is -4.62. The summed E-state index contributed by atoms with van der Waals surface area (Å²) in [6.07, 6.45) is -4.29. The van der Waals surface area contributed by atoms with Gasteiger partial charge in [-0.05, 0) is 46.5 Å². The van der Waals surface area contributed by atoms with Crippen LogP contribution in [0.15, 0.2) is 73.2 Å². The Morgan fingerprint density at radius 3 is 2.50 bits per heavy atom. The molecule has 1 aromatic heterocycles. The van der Waals surface area contributed by atoms with Crippen molar-refractivity contribution >= 4 is 28.8 Å². The van der Waals surface area contributed by atoms with Crippen LogP contribution in [-0.4, -0.2) is 29.6 Å². The molecule has 6 nitrogen and oxygen atoms in total. The van der Waals surface area contributed by atoms with E-state index in [0.717, 1.165) is 11.8 Å². The number of hydrogen-bond donors (Lipinski definition) is 1. The predicted octanol–water partition coefficient (Wildman–Crippen LogP) is 5.41. The lowest BCUT2D eigenvalue weighted by Gasteiger charge is -2.32. The van der Waals surface area contributed by atoms with E-state index in [0.29, 0.717) is 21.5 Å². The Kier molecular flexibility index (Phi) is 5.87. The molecule has 4 rings (SSSR count). The lowest BCUT2D eigenvalue weighted by molar-refractivity contribution is -0.189. The molecule has 0 saturated heterocycles. The normalized spacial score (nSPS) is 19.0. The molecule has 10 heteroatoms. The first-order valence-corrected chi connectivity index (χ1v) is 10.1. The number of halogens is 4. The zero-order valence-corrected chi connectivity index (χ0v) is 17.3. The van der Waals surface area contributed by atoms with Crippen LogP contribution in [0.5, 0.6) is 0 Å². The van der Waals surface area contributed by atoms with Crippen molar-refractivity contribution in [2.45, 2.75) is 24.6 Å². The summed E-state index contributed by atoms with van der Waals surface area (Å²) >= 11 is 5.94. The van der Waals surface area contributed by atoms with Crippen molar-refractivity contribution in [3.63, 3.8) is 0 Å². The summed E-state index contributed by atoms with van der Waals surface area (Å²) in [5.74, 6) is -1.97. The van der Waals surface area contributed by atoms with Gasteiger partial charge in [0.2, 0.25) is 0 Å². The van der Waals surface area contributed by atoms with Gasteiger partial charge >= 0.3 is 11.8 Å². The van der Waals surface area contributed by atoms with Crippen LogP contribution >= 0.6 is 11.6 Å². The first-order valence-electron chi connectivity index (χ1n) is 9.68. The second-order valence-corrected chi connectivity index (χ2v) is 7.96. The number of benzene rings is 2. The van der Waals surface area contributed by atoms with E-state index in [1.165, 1.54) is 12.1 Å². The number of hydrogen-bond acceptors (Lipinski definition) is 6. The zero-order chi connectivity index (χ0) is 22.9. The standard InChI is InChI=1S/C22H17ClF3N3O3/c23-15-4-2-14(3-5-15)17-10-20(31)32-18-9-13(1-6-16(17)18)11-21(12-27-29-28-21)19(7-8-30)22(24,25)26/h1-6,9-10,12,19,30H,7-8,11H2. The van der Waals surface area contributed by atoms with Gasteiger partial charge in [-0.25, -0.2) is 4.79 Å². The van der Waals surface area contributed by atoms with Gasteiger partial charge < -0.3 is 9.52 Å². The van der Waals surface area contributed by atoms with Crippen molar-refractivity contribution in [1.29, 1.82) is 0 Å². The first-order chi connectivity index (χ1) is 15.2. The van der Waals surface area contributed by atoms with Crippen molar-refractivity contribution in [3.05, 3.63) is 69.5 Å². The SMILES string of the molecule is O=c1cc(-c2ccc(Cl)cc2)c2ccc(CC3(C(CCO)C(F)(F)F)C=NN=N3)cc2o1. The smallest absolute Gasteiger partial charge is 0.394 e. The summed E-state index contributed by atoms with van der Waals surface area (Å²) in [6, 6.07) is 13.1. The highest BCUT2D eigenvalue weighted by molar-refractivity contribution is 6.30. The second kappa shape index (κ2) is 8.48. The molecule has 0 saturated carbocycles. The van der Waals surface area contributed by atoms with Crippen molar-refractivity contribution in [2.24, 2.45) is 21.4 Å². The maximum Gasteiger partial charge on any atom is 0.394 e. The van der Waals surface area contributed by atoms with Gasteiger partial charge in [0.25, 0.3) is 0 Å². The summed E-state index contributed by atoms with van der Waals surface area (Å²) < 4.78 is 46.5. The second-order valence-electron chi connectivity index (χ2n) is 7.53. The summed E-state index contributed by atoms with van der Waals surface area (Å²) in [5.41, 5.74) is -0.341. The molecule has 2 heterocycles. The monoisotopic (exact) mass is 463 g/mol. The van der Waals surface area contributed by atoms with E-state index in [2.05, 4.69) is 15.4 Å². The summed E-state index contributed by atoms with van der Waals surface area (Å²) in [6.45, 7) is -0.660. The topological polar surface area (TPSA) is 87.5 Å². The van der Waals surface area contributed by atoms with Gasteiger partial charge in [-0.3, -0.25) is 0 Å². The van der Waals surface area contributed by atoms with Crippen molar-refractivity contribution in [1.82, 2.24) is 0 Å². The van der Waals surface area contributed by atoms with Crippen LogP contribution < -0.4 is 5.63 Å². The third-order valence-corrected chi connectivity index (χ3v) is 5.68. The Bertz CT molecular complexity index is 1240. The van der Waals surface area contributed by atoms with Gasteiger partial charge in [0.15, 0.2) is 0 Å². The van der Waals surface area contributed by atoms with Gasteiger partial charge in [0.1, 0.15) is 11.1 Å². The molecule has 2 aromatic carbocycles. The molecule has 1 aliphatic heterocycles. The minimum Gasteiger partial charge on any atom is -0.423 e. The van der Waals surface area contributed by atoms with Gasteiger partial charge in [0, 0.05) is 29.5 Å². The fraction of sp³-hybridized carbons (Fsp3) is 0.273. The van der Waals surface area contributed by atoms with E-state index >= 15 is 0 Å². The highest BCUT2D eigenvalue weighted by Crippen LogP contribution is 2.42. The quantitative estimate of drug-likeness (QED) is 0.496. The van der Waals surface area contributed by atoms with Crippen molar-refractivity contribution in [3.8, 4) is 11.1 Å². The van der Waals surface area contributed by atoms with Gasteiger partial charge in [-0.15, -0.1) is 5.10 Å². The van der Waals surface area contributed by atoms with E-state index in [-0.39, 0.29) is 12.0 Å². The molecular formula is C22H17ClF3N3O3. The van der Waals surface area contributed by atoms with Crippen LogP contribution in [0.25, 0.3) is 22.1 Å². The third-order valence-electron chi connectivity index (χ3n) is 5.43. The van der Waals surface area contributed by atoms with Crippen LogP contribution in [0.1, 0.15) is 12.0 Å². The maximum absolute atomic E-state index is 13.7. The fourth-order valence-electron chi connectivity index (χ4n) is 3.96. The van der Waals surface area contributed by atoms with Crippen LogP contribution in [-0.2, 0) is 6.42 Å². The molecule has 0 radical (unpaired) electrons. The number of fused-ring (bicyclic) bond motifs is 1. The summed E-state index contributed by atoms with van der Waals surface area (Å²) in [5, 5.41) is 21.1. The lowest BCUT2D eigenvalue weighted by atomic mass is 9.78. The molecule has 2 unspecified atom stereocenters. The molecule has 0 amide bonds. The van der Waals surface area contributed by atoms with Crippen LogP contribution in [0.3, 0.4) is 0 Å². The van der Waals surface area contributed by atoms with E-state index in [1.54, 1.807) is 36.4 Å². The average Bonchev–Trinajstić information content (AvgIpc) is 3.20. The highest BCUT2D eigenvalue weighted by Gasteiger charge is 2.54. The van der Waals surface area contributed by atoms with Crippen LogP contribution in [0, 0.1) is 5.92 Å². The molecular weight excluding hydrogens is 447 g/mol. The molecule has 3 aromatic rings. The fourth-order valence-corrected chi connectivity index (χ4v) is 4.09. The largest absolute Gasteiger partial charge is 0.423 e. The number of rotatable bonds is 6. The van der Waals surface area contributed by atoms with Crippen LogP contribution in [0.4, 0.5) is 13.2 Å². The van der Waals surface area contributed by atoms with E-state index in [1.807, 2.05) is 0 Å². The Balaban J connectivity index is 1.77. The van der Waals surface area contributed by atoms with Crippen LogP contribution in [0.2, 0.25) is 5.02 Å². The minimum absolute atomic E-state index is 0.186. The van der Waals surface area contributed by atoms with E-state index in [9.17, 15) is 23.1 Å². The Labute approximate surface area is 185 Å². The Morgan fingerprint density at radius 2 is 1.88 bits per heavy atom. The lowest BCUT2D eigenvalue weighted by Crippen LogP contribution is -2.47. The molecule has 2 atom stereocenters. The predicted molar refractivity (Wildman–Crippen MR) is 114 cm³/mol. The molecule has 0 spiro atoms. The van der Waals surface area contributed by atoms with Gasteiger partial charge in [0.05, 0.1) is 12.1 Å². The average molecular weight is 464 g/mol. The molecule has 1 N–H and O–H groups in total. The molecule has 1 aliphatic rings. The third kappa shape index (κ3) is 4.31. The zero-order valence-electron chi connectivity index (χ0n) is 16.5.